The zero-order valence-electron chi connectivity index (χ0n) is 10.2. The van der Waals surface area contributed by atoms with E-state index in [2.05, 4.69) is 5.32 Å². The fraction of sp³-hybridized carbons (Fsp3) is 0.385. The van der Waals surface area contributed by atoms with Crippen LogP contribution < -0.4 is 11.1 Å². The van der Waals surface area contributed by atoms with Crippen molar-refractivity contribution in [2.75, 3.05) is 6.54 Å². The van der Waals surface area contributed by atoms with Crippen molar-refractivity contribution in [2.24, 2.45) is 5.73 Å². The summed E-state index contributed by atoms with van der Waals surface area (Å²) in [5, 5.41) is 2.61. The van der Waals surface area contributed by atoms with Crippen molar-refractivity contribution in [1.29, 1.82) is 0 Å². The Morgan fingerprint density at radius 3 is 2.56 bits per heavy atom. The monoisotopic (exact) mass is 250 g/mol. The van der Waals surface area contributed by atoms with Crippen LogP contribution in [0.3, 0.4) is 0 Å². The van der Waals surface area contributed by atoms with Gasteiger partial charge in [0.15, 0.2) is 0 Å². The molecular weight excluding hydrogens is 232 g/mol. The van der Waals surface area contributed by atoms with Crippen LogP contribution in [0.1, 0.15) is 24.8 Å². The molecule has 2 amide bonds. The Morgan fingerprint density at radius 1 is 1.17 bits per heavy atom. The van der Waals surface area contributed by atoms with Crippen LogP contribution in [0.25, 0.3) is 0 Å². The maximum absolute atomic E-state index is 11.3. The molecule has 0 saturated heterocycles. The zero-order valence-corrected chi connectivity index (χ0v) is 10.2. The lowest BCUT2D eigenvalue weighted by atomic mass is 10.2. The number of benzene rings is 1. The van der Waals surface area contributed by atoms with E-state index in [4.69, 9.17) is 10.5 Å². The number of alkyl carbamates (subject to hydrolysis) is 1. The van der Waals surface area contributed by atoms with Crippen molar-refractivity contribution in [3.63, 3.8) is 0 Å². The molecule has 3 N–H and O–H groups in total. The maximum Gasteiger partial charge on any atom is 0.407 e. The molecule has 0 unspecified atom stereocenters. The fourth-order valence-corrected chi connectivity index (χ4v) is 1.39. The number of primary amides is 1. The smallest absolute Gasteiger partial charge is 0.407 e. The van der Waals surface area contributed by atoms with Gasteiger partial charge in [-0.25, -0.2) is 4.79 Å². The number of hydrogen-bond acceptors (Lipinski definition) is 3. The van der Waals surface area contributed by atoms with Gasteiger partial charge in [-0.2, -0.15) is 0 Å². The summed E-state index contributed by atoms with van der Waals surface area (Å²) in [4.78, 5) is 21.8. The van der Waals surface area contributed by atoms with Crippen molar-refractivity contribution >= 4 is 12.0 Å². The molecule has 0 radical (unpaired) electrons. The first kappa shape index (κ1) is 14.0. The van der Waals surface area contributed by atoms with E-state index in [1.54, 1.807) is 0 Å². The summed E-state index contributed by atoms with van der Waals surface area (Å²) in [6.45, 7) is 0.745. The summed E-state index contributed by atoms with van der Waals surface area (Å²) in [6.07, 6.45) is 1.29. The third-order valence-electron chi connectivity index (χ3n) is 2.33. The number of unbranched alkanes of at least 4 members (excludes halogenated alkanes) is 1. The number of carbonyl (C=O) groups is 2. The number of amides is 2. The van der Waals surface area contributed by atoms with E-state index in [-0.39, 0.29) is 12.5 Å². The van der Waals surface area contributed by atoms with E-state index in [0.29, 0.717) is 25.8 Å². The average Bonchev–Trinajstić information content (AvgIpc) is 2.37. The SMILES string of the molecule is NC(=O)CCCCNC(=O)OCc1ccccc1. The Balaban J connectivity index is 2.06. The quantitative estimate of drug-likeness (QED) is 0.721. The van der Waals surface area contributed by atoms with E-state index in [1.807, 2.05) is 30.3 Å². The molecule has 18 heavy (non-hydrogen) atoms. The van der Waals surface area contributed by atoms with E-state index in [1.165, 1.54) is 0 Å². The number of hydrogen-bond donors (Lipinski definition) is 2. The van der Waals surface area contributed by atoms with Crippen molar-refractivity contribution in [2.45, 2.75) is 25.9 Å². The van der Waals surface area contributed by atoms with E-state index >= 15 is 0 Å². The van der Waals surface area contributed by atoms with E-state index in [9.17, 15) is 9.59 Å². The molecule has 0 spiro atoms. The second-order valence-corrected chi connectivity index (χ2v) is 3.91. The van der Waals surface area contributed by atoms with Gasteiger partial charge in [0.25, 0.3) is 0 Å². The summed E-state index contributed by atoms with van der Waals surface area (Å²) in [5.41, 5.74) is 5.94. The zero-order chi connectivity index (χ0) is 13.2. The van der Waals surface area contributed by atoms with Crippen LogP contribution in [-0.4, -0.2) is 18.5 Å². The van der Waals surface area contributed by atoms with Crippen LogP contribution in [-0.2, 0) is 16.1 Å². The Labute approximate surface area is 106 Å². The second kappa shape index (κ2) is 8.11. The predicted octanol–water partition coefficient (Wildman–Crippen LogP) is 1.57. The Bertz CT molecular complexity index is 379. The molecule has 0 aliphatic heterocycles. The van der Waals surface area contributed by atoms with Gasteiger partial charge in [-0.15, -0.1) is 0 Å². The highest BCUT2D eigenvalue weighted by Crippen LogP contribution is 2.00. The van der Waals surface area contributed by atoms with Crippen LogP contribution >= 0.6 is 0 Å². The van der Waals surface area contributed by atoms with Gasteiger partial charge in [0.2, 0.25) is 5.91 Å². The molecule has 0 heterocycles. The molecule has 0 bridgehead atoms. The van der Waals surface area contributed by atoms with E-state index in [0.717, 1.165) is 5.56 Å². The Kier molecular flexibility index (Phi) is 6.32. The normalized spacial score (nSPS) is 9.78. The van der Waals surface area contributed by atoms with Crippen molar-refractivity contribution in [3.05, 3.63) is 35.9 Å². The number of nitrogens with one attached hydrogen (secondary N) is 1. The molecule has 1 aromatic carbocycles. The van der Waals surface area contributed by atoms with Gasteiger partial charge >= 0.3 is 6.09 Å². The fourth-order valence-electron chi connectivity index (χ4n) is 1.39. The number of nitrogens with two attached hydrogens (primary N) is 1. The average molecular weight is 250 g/mol. The van der Waals surface area contributed by atoms with Gasteiger partial charge in [0, 0.05) is 13.0 Å². The minimum absolute atomic E-state index is 0.258. The lowest BCUT2D eigenvalue weighted by Crippen LogP contribution is -2.25. The third kappa shape index (κ3) is 6.52. The van der Waals surface area contributed by atoms with Gasteiger partial charge in [-0.05, 0) is 18.4 Å². The number of rotatable bonds is 7. The molecule has 0 aromatic heterocycles. The highest BCUT2D eigenvalue weighted by molar-refractivity contribution is 5.73. The van der Waals surface area contributed by atoms with Gasteiger partial charge in [0.05, 0.1) is 0 Å². The summed E-state index contributed by atoms with van der Waals surface area (Å²) < 4.78 is 5.01. The van der Waals surface area contributed by atoms with Gasteiger partial charge in [-0.3, -0.25) is 4.79 Å². The molecular formula is C13H18N2O3. The van der Waals surface area contributed by atoms with Crippen molar-refractivity contribution < 1.29 is 14.3 Å². The lowest BCUT2D eigenvalue weighted by Gasteiger charge is -2.06. The summed E-state index contributed by atoms with van der Waals surface area (Å²) in [7, 11) is 0. The van der Waals surface area contributed by atoms with Crippen LogP contribution in [0.5, 0.6) is 0 Å². The first-order chi connectivity index (χ1) is 8.68. The molecule has 0 saturated carbocycles. The Morgan fingerprint density at radius 2 is 1.89 bits per heavy atom. The Hall–Kier alpha value is -2.04. The van der Waals surface area contributed by atoms with Crippen LogP contribution in [0.15, 0.2) is 30.3 Å². The lowest BCUT2D eigenvalue weighted by molar-refractivity contribution is -0.118. The summed E-state index contributed by atoms with van der Waals surface area (Å²) >= 11 is 0. The molecule has 98 valence electrons. The van der Waals surface area contributed by atoms with Crippen LogP contribution in [0.4, 0.5) is 4.79 Å². The van der Waals surface area contributed by atoms with Crippen LogP contribution in [0.2, 0.25) is 0 Å². The maximum atomic E-state index is 11.3. The molecule has 5 nitrogen and oxygen atoms in total. The molecule has 0 atom stereocenters. The van der Waals surface area contributed by atoms with E-state index < -0.39 is 6.09 Å². The highest BCUT2D eigenvalue weighted by Gasteiger charge is 2.01. The van der Waals surface area contributed by atoms with Gasteiger partial charge in [0.1, 0.15) is 6.61 Å². The molecule has 5 heteroatoms. The summed E-state index contributed by atoms with van der Waals surface area (Å²) in [6, 6.07) is 9.46. The van der Waals surface area contributed by atoms with Gasteiger partial charge in [-0.1, -0.05) is 30.3 Å². The molecule has 1 rings (SSSR count). The standard InChI is InChI=1S/C13H18N2O3/c14-12(16)8-4-5-9-15-13(17)18-10-11-6-2-1-3-7-11/h1-3,6-7H,4-5,8-10H2,(H2,14,16)(H,15,17). The predicted molar refractivity (Wildman–Crippen MR) is 67.7 cm³/mol. The van der Waals surface area contributed by atoms with Crippen LogP contribution in [0, 0.1) is 0 Å². The summed E-state index contributed by atoms with van der Waals surface area (Å²) in [5.74, 6) is -0.318. The van der Waals surface area contributed by atoms with Crippen molar-refractivity contribution in [1.82, 2.24) is 5.32 Å². The largest absolute Gasteiger partial charge is 0.445 e. The third-order valence-corrected chi connectivity index (χ3v) is 2.33. The molecule has 0 aliphatic rings. The minimum Gasteiger partial charge on any atom is -0.445 e. The molecule has 1 aromatic rings. The topological polar surface area (TPSA) is 81.4 Å². The molecule has 0 aliphatic carbocycles. The first-order valence-corrected chi connectivity index (χ1v) is 5.91. The van der Waals surface area contributed by atoms with Crippen molar-refractivity contribution in [3.8, 4) is 0 Å². The number of carbonyl (C=O) groups excluding carboxylic acids is 2. The highest BCUT2D eigenvalue weighted by atomic mass is 16.5. The van der Waals surface area contributed by atoms with Gasteiger partial charge < -0.3 is 15.8 Å². The first-order valence-electron chi connectivity index (χ1n) is 5.91. The number of ether oxygens (including phenoxy) is 1. The minimum atomic E-state index is -0.446. The molecule has 0 fully saturated rings. The second-order valence-electron chi connectivity index (χ2n) is 3.91.